The van der Waals surface area contributed by atoms with Crippen LogP contribution in [0.25, 0.3) is 0 Å². The van der Waals surface area contributed by atoms with E-state index in [4.69, 9.17) is 4.74 Å². The molecule has 2 rings (SSSR count). The number of ether oxygens (including phenoxy) is 1. The molecule has 4 heteroatoms. The van der Waals surface area contributed by atoms with Gasteiger partial charge in [0, 0.05) is 13.0 Å². The summed E-state index contributed by atoms with van der Waals surface area (Å²) < 4.78 is 5.14. The molecule has 2 atom stereocenters. The van der Waals surface area contributed by atoms with Gasteiger partial charge in [-0.1, -0.05) is 43.3 Å². The molecule has 0 fully saturated rings. The first-order valence-corrected chi connectivity index (χ1v) is 8.15. The maximum Gasteiger partial charge on any atom is 0.220 e. The van der Waals surface area contributed by atoms with Crippen LogP contribution in [-0.4, -0.2) is 24.7 Å². The summed E-state index contributed by atoms with van der Waals surface area (Å²) in [6.45, 7) is 4.18. The Bertz CT molecular complexity index is 667. The lowest BCUT2D eigenvalue weighted by molar-refractivity contribution is -0.121. The first kappa shape index (κ1) is 18.0. The third-order valence-corrected chi connectivity index (χ3v) is 4.22. The first-order chi connectivity index (χ1) is 11.5. The molecule has 24 heavy (non-hydrogen) atoms. The molecule has 2 aromatic rings. The third kappa shape index (κ3) is 4.83. The molecule has 0 saturated heterocycles. The van der Waals surface area contributed by atoms with Crippen LogP contribution in [0.15, 0.2) is 48.5 Å². The first-order valence-electron chi connectivity index (χ1n) is 8.15. The van der Waals surface area contributed by atoms with Gasteiger partial charge in [-0.25, -0.2) is 0 Å². The van der Waals surface area contributed by atoms with Crippen LogP contribution in [-0.2, 0) is 4.79 Å². The van der Waals surface area contributed by atoms with Crippen molar-refractivity contribution in [1.82, 2.24) is 5.32 Å². The van der Waals surface area contributed by atoms with Crippen LogP contribution in [0, 0.1) is 6.92 Å². The number of hydrogen-bond acceptors (Lipinski definition) is 3. The van der Waals surface area contributed by atoms with Gasteiger partial charge in [-0.15, -0.1) is 0 Å². The number of aryl methyl sites for hydroxylation is 1. The minimum Gasteiger partial charge on any atom is -0.497 e. The monoisotopic (exact) mass is 327 g/mol. The smallest absolute Gasteiger partial charge is 0.220 e. The molecule has 128 valence electrons. The van der Waals surface area contributed by atoms with Gasteiger partial charge < -0.3 is 15.2 Å². The molecule has 2 aromatic carbocycles. The minimum absolute atomic E-state index is 0.0639. The van der Waals surface area contributed by atoms with Gasteiger partial charge in [0.05, 0.1) is 13.2 Å². The summed E-state index contributed by atoms with van der Waals surface area (Å²) in [5, 5.41) is 13.0. The highest BCUT2D eigenvalue weighted by molar-refractivity contribution is 5.76. The highest BCUT2D eigenvalue weighted by Gasteiger charge is 2.14. The van der Waals surface area contributed by atoms with Crippen LogP contribution in [0.5, 0.6) is 5.75 Å². The van der Waals surface area contributed by atoms with Crippen molar-refractivity contribution in [3.63, 3.8) is 0 Å². The molecule has 0 aliphatic rings. The Morgan fingerprint density at radius 2 is 1.83 bits per heavy atom. The largest absolute Gasteiger partial charge is 0.497 e. The van der Waals surface area contributed by atoms with E-state index in [0.29, 0.717) is 6.42 Å². The Morgan fingerprint density at radius 1 is 1.17 bits per heavy atom. The number of benzene rings is 2. The molecular weight excluding hydrogens is 302 g/mol. The zero-order chi connectivity index (χ0) is 17.5. The molecular formula is C20H25NO3. The number of rotatable bonds is 7. The van der Waals surface area contributed by atoms with E-state index in [1.807, 2.05) is 62.4 Å². The van der Waals surface area contributed by atoms with Crippen molar-refractivity contribution in [3.8, 4) is 5.75 Å². The average Bonchev–Trinajstić information content (AvgIpc) is 2.60. The maximum atomic E-state index is 12.1. The van der Waals surface area contributed by atoms with Gasteiger partial charge >= 0.3 is 0 Å². The van der Waals surface area contributed by atoms with E-state index in [1.54, 1.807) is 7.11 Å². The zero-order valence-electron chi connectivity index (χ0n) is 14.5. The van der Waals surface area contributed by atoms with E-state index in [2.05, 4.69) is 5.32 Å². The minimum atomic E-state index is -0.688. The van der Waals surface area contributed by atoms with E-state index < -0.39 is 6.10 Å². The fourth-order valence-corrected chi connectivity index (χ4v) is 2.68. The van der Waals surface area contributed by atoms with Crippen LogP contribution in [0.2, 0.25) is 0 Å². The summed E-state index contributed by atoms with van der Waals surface area (Å²) in [6.07, 6.45) is -0.307. The van der Waals surface area contributed by atoms with Gasteiger partial charge in [0.25, 0.3) is 0 Å². The normalized spacial score (nSPS) is 13.2. The molecule has 0 saturated carbocycles. The molecule has 0 aliphatic heterocycles. The highest BCUT2D eigenvalue weighted by Crippen LogP contribution is 2.22. The standard InChI is InChI=1S/C20H25NO3/c1-14-6-4-5-7-18(14)19(22)13-21-20(23)12-15(2)16-8-10-17(24-3)11-9-16/h4-11,15,19,22H,12-13H2,1-3H3,(H,21,23). The zero-order valence-corrected chi connectivity index (χ0v) is 14.5. The molecule has 2 N–H and O–H groups in total. The van der Waals surface area contributed by atoms with E-state index in [0.717, 1.165) is 22.4 Å². The van der Waals surface area contributed by atoms with Crippen molar-refractivity contribution in [1.29, 1.82) is 0 Å². The van der Waals surface area contributed by atoms with Crippen molar-refractivity contribution >= 4 is 5.91 Å². The number of aliphatic hydroxyl groups excluding tert-OH is 1. The van der Waals surface area contributed by atoms with E-state index >= 15 is 0 Å². The lowest BCUT2D eigenvalue weighted by Gasteiger charge is -2.16. The average molecular weight is 327 g/mol. The quantitative estimate of drug-likeness (QED) is 0.820. The van der Waals surface area contributed by atoms with Gasteiger partial charge in [0.2, 0.25) is 5.91 Å². The molecule has 0 radical (unpaired) electrons. The molecule has 0 bridgehead atoms. The Morgan fingerprint density at radius 3 is 2.46 bits per heavy atom. The summed E-state index contributed by atoms with van der Waals surface area (Å²) >= 11 is 0. The fraction of sp³-hybridized carbons (Fsp3) is 0.350. The molecule has 0 aromatic heterocycles. The molecule has 0 aliphatic carbocycles. The van der Waals surface area contributed by atoms with Crippen LogP contribution in [0.1, 0.15) is 42.1 Å². The summed E-state index contributed by atoms with van der Waals surface area (Å²) in [4.78, 5) is 12.1. The van der Waals surface area contributed by atoms with Crippen LogP contribution < -0.4 is 10.1 Å². The van der Waals surface area contributed by atoms with Crippen LogP contribution in [0.4, 0.5) is 0 Å². The van der Waals surface area contributed by atoms with Gasteiger partial charge in [-0.2, -0.15) is 0 Å². The topological polar surface area (TPSA) is 58.6 Å². The number of carbonyl (C=O) groups excluding carboxylic acids is 1. The van der Waals surface area contributed by atoms with Gasteiger partial charge in [-0.05, 0) is 41.7 Å². The number of carbonyl (C=O) groups is 1. The molecule has 1 amide bonds. The summed E-state index contributed by atoms with van der Waals surface area (Å²) in [6, 6.07) is 15.4. The van der Waals surface area contributed by atoms with Gasteiger partial charge in [0.15, 0.2) is 0 Å². The third-order valence-electron chi connectivity index (χ3n) is 4.22. The van der Waals surface area contributed by atoms with Gasteiger partial charge in [0.1, 0.15) is 5.75 Å². The molecule has 2 unspecified atom stereocenters. The second-order valence-corrected chi connectivity index (χ2v) is 6.05. The fourth-order valence-electron chi connectivity index (χ4n) is 2.68. The number of hydrogen-bond donors (Lipinski definition) is 2. The van der Waals surface area contributed by atoms with Gasteiger partial charge in [-0.3, -0.25) is 4.79 Å². The second-order valence-electron chi connectivity index (χ2n) is 6.05. The van der Waals surface area contributed by atoms with Crippen molar-refractivity contribution in [2.75, 3.05) is 13.7 Å². The van der Waals surface area contributed by atoms with Crippen molar-refractivity contribution in [2.24, 2.45) is 0 Å². The highest BCUT2D eigenvalue weighted by atomic mass is 16.5. The van der Waals surface area contributed by atoms with E-state index in [9.17, 15) is 9.90 Å². The number of methoxy groups -OCH3 is 1. The number of nitrogens with one attached hydrogen (secondary N) is 1. The lowest BCUT2D eigenvalue weighted by Crippen LogP contribution is -2.29. The number of amides is 1. The van der Waals surface area contributed by atoms with Crippen LogP contribution >= 0.6 is 0 Å². The molecule has 0 spiro atoms. The number of aliphatic hydroxyl groups is 1. The second kappa shape index (κ2) is 8.50. The maximum absolute atomic E-state index is 12.1. The predicted molar refractivity (Wildman–Crippen MR) is 95.2 cm³/mol. The Labute approximate surface area is 143 Å². The van der Waals surface area contributed by atoms with Crippen molar-refractivity contribution in [2.45, 2.75) is 32.3 Å². The summed E-state index contributed by atoms with van der Waals surface area (Å²) in [5.41, 5.74) is 2.96. The predicted octanol–water partition coefficient (Wildman–Crippen LogP) is 3.35. The Kier molecular flexibility index (Phi) is 6.38. The van der Waals surface area contributed by atoms with Crippen LogP contribution in [0.3, 0.4) is 0 Å². The molecule has 4 nitrogen and oxygen atoms in total. The van der Waals surface area contributed by atoms with E-state index in [1.165, 1.54) is 0 Å². The summed E-state index contributed by atoms with van der Waals surface area (Å²) in [7, 11) is 1.63. The summed E-state index contributed by atoms with van der Waals surface area (Å²) in [5.74, 6) is 0.842. The lowest BCUT2D eigenvalue weighted by atomic mass is 9.97. The Balaban J connectivity index is 1.85. The van der Waals surface area contributed by atoms with Crippen molar-refractivity contribution < 1.29 is 14.6 Å². The Hall–Kier alpha value is -2.33. The molecule has 0 heterocycles. The van der Waals surface area contributed by atoms with Crippen molar-refractivity contribution in [3.05, 3.63) is 65.2 Å². The van der Waals surface area contributed by atoms with E-state index in [-0.39, 0.29) is 18.4 Å². The SMILES string of the molecule is COc1ccc(C(C)CC(=O)NCC(O)c2ccccc2C)cc1.